The highest BCUT2D eigenvalue weighted by molar-refractivity contribution is 7.09. The number of nitrogens with zero attached hydrogens (tertiary/aromatic N) is 1. The zero-order valence-corrected chi connectivity index (χ0v) is 13.0. The number of nitrogens with one attached hydrogen (secondary N) is 1. The van der Waals surface area contributed by atoms with Crippen molar-refractivity contribution >= 4 is 11.3 Å². The van der Waals surface area contributed by atoms with Gasteiger partial charge in [-0.2, -0.15) is 0 Å². The van der Waals surface area contributed by atoms with Crippen molar-refractivity contribution in [2.24, 2.45) is 5.92 Å². The molecular formula is C15H28N2S. The minimum absolute atomic E-state index is 0.866. The topological polar surface area (TPSA) is 24.9 Å². The van der Waals surface area contributed by atoms with Crippen LogP contribution in [0.2, 0.25) is 0 Å². The molecule has 0 bridgehead atoms. The van der Waals surface area contributed by atoms with Gasteiger partial charge in [0.05, 0.1) is 11.2 Å². The largest absolute Gasteiger partial charge is 0.316 e. The van der Waals surface area contributed by atoms with E-state index in [1.54, 1.807) is 11.3 Å². The average molecular weight is 268 g/mol. The first-order valence-corrected chi connectivity index (χ1v) is 8.17. The van der Waals surface area contributed by atoms with Gasteiger partial charge in [-0.15, -0.1) is 11.3 Å². The zero-order chi connectivity index (χ0) is 13.2. The Bertz CT molecular complexity index is 307. The summed E-state index contributed by atoms with van der Waals surface area (Å²) < 4.78 is 0. The van der Waals surface area contributed by atoms with Gasteiger partial charge in [-0.3, -0.25) is 0 Å². The van der Waals surface area contributed by atoms with Crippen LogP contribution in [0.3, 0.4) is 0 Å². The second kappa shape index (κ2) is 9.51. The number of hydrogen-bond donors (Lipinski definition) is 1. The van der Waals surface area contributed by atoms with Crippen molar-refractivity contribution in [3.63, 3.8) is 0 Å². The molecule has 18 heavy (non-hydrogen) atoms. The van der Waals surface area contributed by atoms with Crippen LogP contribution >= 0.6 is 11.3 Å². The van der Waals surface area contributed by atoms with Gasteiger partial charge in [-0.05, 0) is 32.2 Å². The Balaban J connectivity index is 1.86. The van der Waals surface area contributed by atoms with E-state index < -0.39 is 0 Å². The molecule has 1 N–H and O–H groups in total. The standard InChI is InChI=1S/C15H28N2S/c1-13(2)8-6-4-5-7-10-16-11-9-15-14(3)17-12-18-15/h12-13,16H,4-11H2,1-3H3. The molecule has 1 aromatic heterocycles. The van der Waals surface area contributed by atoms with Gasteiger partial charge in [0.25, 0.3) is 0 Å². The molecule has 0 atom stereocenters. The van der Waals surface area contributed by atoms with Gasteiger partial charge in [0, 0.05) is 11.4 Å². The quantitative estimate of drug-likeness (QED) is 0.644. The van der Waals surface area contributed by atoms with Gasteiger partial charge in [0.1, 0.15) is 0 Å². The summed E-state index contributed by atoms with van der Waals surface area (Å²) in [5, 5.41) is 3.53. The van der Waals surface area contributed by atoms with E-state index in [1.165, 1.54) is 49.2 Å². The third kappa shape index (κ3) is 7.12. The molecule has 104 valence electrons. The second-order valence-electron chi connectivity index (χ2n) is 5.46. The monoisotopic (exact) mass is 268 g/mol. The summed E-state index contributed by atoms with van der Waals surface area (Å²) in [6.07, 6.45) is 8.01. The van der Waals surface area contributed by atoms with Gasteiger partial charge in [-0.25, -0.2) is 4.98 Å². The molecule has 0 aliphatic rings. The maximum Gasteiger partial charge on any atom is 0.0797 e. The number of unbranched alkanes of at least 4 members (excludes halogenated alkanes) is 3. The Morgan fingerprint density at radius 1 is 1.17 bits per heavy atom. The summed E-state index contributed by atoms with van der Waals surface area (Å²) in [7, 11) is 0. The lowest BCUT2D eigenvalue weighted by Gasteiger charge is -2.05. The second-order valence-corrected chi connectivity index (χ2v) is 6.40. The smallest absolute Gasteiger partial charge is 0.0797 e. The van der Waals surface area contributed by atoms with Crippen LogP contribution in [0.1, 0.15) is 56.5 Å². The van der Waals surface area contributed by atoms with E-state index in [0.717, 1.165) is 18.9 Å². The molecular weight excluding hydrogens is 240 g/mol. The van der Waals surface area contributed by atoms with Crippen LogP contribution in [0.25, 0.3) is 0 Å². The molecule has 2 nitrogen and oxygen atoms in total. The Labute approximate surface area is 116 Å². The highest BCUT2D eigenvalue weighted by atomic mass is 32.1. The molecule has 0 aromatic carbocycles. The van der Waals surface area contributed by atoms with Crippen LogP contribution in [0.5, 0.6) is 0 Å². The lowest BCUT2D eigenvalue weighted by atomic mass is 10.0. The lowest BCUT2D eigenvalue weighted by molar-refractivity contribution is 0.513. The van der Waals surface area contributed by atoms with Gasteiger partial charge in [-0.1, -0.05) is 39.5 Å². The maximum absolute atomic E-state index is 4.27. The third-order valence-electron chi connectivity index (χ3n) is 3.26. The predicted molar refractivity (Wildman–Crippen MR) is 81.3 cm³/mol. The van der Waals surface area contributed by atoms with E-state index in [0.29, 0.717) is 0 Å². The van der Waals surface area contributed by atoms with Gasteiger partial charge in [0.2, 0.25) is 0 Å². The summed E-state index contributed by atoms with van der Waals surface area (Å²) in [4.78, 5) is 5.70. The van der Waals surface area contributed by atoms with Gasteiger partial charge >= 0.3 is 0 Å². The molecule has 0 unspecified atom stereocenters. The van der Waals surface area contributed by atoms with E-state index in [4.69, 9.17) is 0 Å². The Hall–Kier alpha value is -0.410. The molecule has 1 aromatic rings. The molecule has 0 radical (unpaired) electrons. The predicted octanol–water partition coefficient (Wildman–Crippen LogP) is 4.19. The van der Waals surface area contributed by atoms with Crippen molar-refractivity contribution in [3.8, 4) is 0 Å². The van der Waals surface area contributed by atoms with Crippen LogP contribution in [-0.4, -0.2) is 18.1 Å². The van der Waals surface area contributed by atoms with Crippen molar-refractivity contribution in [2.45, 2.75) is 59.3 Å². The molecule has 0 aliphatic carbocycles. The fourth-order valence-electron chi connectivity index (χ4n) is 2.05. The fourth-order valence-corrected chi connectivity index (χ4v) is 2.83. The molecule has 1 rings (SSSR count). The van der Waals surface area contributed by atoms with Crippen LogP contribution in [0.4, 0.5) is 0 Å². The highest BCUT2D eigenvalue weighted by Crippen LogP contribution is 2.12. The summed E-state index contributed by atoms with van der Waals surface area (Å²) in [6.45, 7) is 8.97. The van der Waals surface area contributed by atoms with Crippen molar-refractivity contribution in [3.05, 3.63) is 16.1 Å². The Morgan fingerprint density at radius 2 is 1.94 bits per heavy atom. The van der Waals surface area contributed by atoms with Crippen molar-refractivity contribution in [1.82, 2.24) is 10.3 Å². The molecule has 0 amide bonds. The molecule has 0 aliphatic heterocycles. The summed E-state index contributed by atoms with van der Waals surface area (Å²) >= 11 is 1.78. The fraction of sp³-hybridized carbons (Fsp3) is 0.800. The van der Waals surface area contributed by atoms with Crippen molar-refractivity contribution < 1.29 is 0 Å². The van der Waals surface area contributed by atoms with Crippen LogP contribution in [0, 0.1) is 12.8 Å². The minimum atomic E-state index is 0.866. The first-order valence-electron chi connectivity index (χ1n) is 7.30. The van der Waals surface area contributed by atoms with Gasteiger partial charge < -0.3 is 5.32 Å². The molecule has 1 heterocycles. The molecule has 0 saturated heterocycles. The normalized spacial score (nSPS) is 11.3. The molecule has 0 spiro atoms. The number of thiazole rings is 1. The maximum atomic E-state index is 4.27. The average Bonchev–Trinajstić information content (AvgIpc) is 2.72. The first kappa shape index (κ1) is 15.6. The zero-order valence-electron chi connectivity index (χ0n) is 12.2. The van der Waals surface area contributed by atoms with Crippen molar-refractivity contribution in [1.29, 1.82) is 0 Å². The lowest BCUT2D eigenvalue weighted by Crippen LogP contribution is -2.18. The highest BCUT2D eigenvalue weighted by Gasteiger charge is 2.00. The number of aromatic nitrogens is 1. The van der Waals surface area contributed by atoms with Crippen LogP contribution in [-0.2, 0) is 6.42 Å². The first-order chi connectivity index (χ1) is 8.70. The molecule has 3 heteroatoms. The van der Waals surface area contributed by atoms with Crippen molar-refractivity contribution in [2.75, 3.05) is 13.1 Å². The number of rotatable bonds is 10. The Kier molecular flexibility index (Phi) is 8.27. The van der Waals surface area contributed by atoms with E-state index in [1.807, 2.05) is 5.51 Å². The minimum Gasteiger partial charge on any atom is -0.316 e. The third-order valence-corrected chi connectivity index (χ3v) is 4.25. The summed E-state index contributed by atoms with van der Waals surface area (Å²) in [5.74, 6) is 0.866. The van der Waals surface area contributed by atoms with E-state index in [-0.39, 0.29) is 0 Å². The summed E-state index contributed by atoms with van der Waals surface area (Å²) in [5.41, 5.74) is 3.15. The van der Waals surface area contributed by atoms with Gasteiger partial charge in [0.15, 0.2) is 0 Å². The molecule has 0 fully saturated rings. The Morgan fingerprint density at radius 3 is 2.61 bits per heavy atom. The summed E-state index contributed by atoms with van der Waals surface area (Å²) in [6, 6.07) is 0. The SMILES string of the molecule is Cc1ncsc1CCNCCCCCCC(C)C. The van der Waals surface area contributed by atoms with Crippen LogP contribution < -0.4 is 5.32 Å². The number of aryl methyl sites for hydroxylation is 1. The van der Waals surface area contributed by atoms with E-state index in [9.17, 15) is 0 Å². The van der Waals surface area contributed by atoms with E-state index >= 15 is 0 Å². The molecule has 0 saturated carbocycles. The van der Waals surface area contributed by atoms with E-state index in [2.05, 4.69) is 31.1 Å². The number of hydrogen-bond acceptors (Lipinski definition) is 3. The van der Waals surface area contributed by atoms with Crippen LogP contribution in [0.15, 0.2) is 5.51 Å².